The molecule has 0 atom stereocenters. The Morgan fingerprint density at radius 3 is 2.90 bits per heavy atom. The molecule has 0 saturated heterocycles. The SMILES string of the molecule is CCCNCCc1ncc(-c2ccccc2[N+](=O)[O-])o1. The molecule has 0 unspecified atom stereocenters. The van der Waals surface area contributed by atoms with Crippen LogP contribution in [0.5, 0.6) is 0 Å². The number of nitro benzene ring substituents is 1. The number of hydrogen-bond acceptors (Lipinski definition) is 5. The largest absolute Gasteiger partial charge is 0.440 e. The molecule has 6 nitrogen and oxygen atoms in total. The smallest absolute Gasteiger partial charge is 0.280 e. The zero-order valence-corrected chi connectivity index (χ0v) is 11.3. The van der Waals surface area contributed by atoms with Gasteiger partial charge in [0.15, 0.2) is 11.7 Å². The van der Waals surface area contributed by atoms with E-state index in [9.17, 15) is 10.1 Å². The highest BCUT2D eigenvalue weighted by Gasteiger charge is 2.17. The predicted octanol–water partition coefficient (Wildman–Crippen LogP) is 2.79. The van der Waals surface area contributed by atoms with Gasteiger partial charge in [0, 0.05) is 19.0 Å². The number of rotatable bonds is 7. The van der Waals surface area contributed by atoms with Gasteiger partial charge in [0.05, 0.1) is 16.7 Å². The van der Waals surface area contributed by atoms with E-state index in [1.807, 2.05) is 0 Å². The lowest BCUT2D eigenvalue weighted by molar-refractivity contribution is -0.384. The van der Waals surface area contributed by atoms with Crippen molar-refractivity contribution in [3.63, 3.8) is 0 Å². The monoisotopic (exact) mass is 275 g/mol. The number of oxazole rings is 1. The van der Waals surface area contributed by atoms with Gasteiger partial charge in [0.25, 0.3) is 5.69 Å². The first kappa shape index (κ1) is 14.2. The lowest BCUT2D eigenvalue weighted by atomic mass is 10.1. The maximum absolute atomic E-state index is 11.0. The van der Waals surface area contributed by atoms with E-state index in [2.05, 4.69) is 17.2 Å². The summed E-state index contributed by atoms with van der Waals surface area (Å²) in [7, 11) is 0. The molecule has 1 aromatic carbocycles. The van der Waals surface area contributed by atoms with Crippen molar-refractivity contribution in [1.82, 2.24) is 10.3 Å². The maximum Gasteiger partial charge on any atom is 0.280 e. The Bertz CT molecular complexity index is 581. The fourth-order valence-corrected chi connectivity index (χ4v) is 1.89. The molecule has 0 bridgehead atoms. The Labute approximate surface area is 117 Å². The fourth-order valence-electron chi connectivity index (χ4n) is 1.89. The summed E-state index contributed by atoms with van der Waals surface area (Å²) in [6, 6.07) is 6.50. The summed E-state index contributed by atoms with van der Waals surface area (Å²) >= 11 is 0. The van der Waals surface area contributed by atoms with E-state index >= 15 is 0 Å². The van der Waals surface area contributed by atoms with Crippen LogP contribution in [-0.2, 0) is 6.42 Å². The van der Waals surface area contributed by atoms with E-state index in [1.54, 1.807) is 18.2 Å². The van der Waals surface area contributed by atoms with Crippen LogP contribution in [0.25, 0.3) is 11.3 Å². The van der Waals surface area contributed by atoms with Crippen molar-refractivity contribution in [2.24, 2.45) is 0 Å². The second kappa shape index (κ2) is 6.81. The van der Waals surface area contributed by atoms with Gasteiger partial charge < -0.3 is 9.73 Å². The van der Waals surface area contributed by atoms with Crippen LogP contribution >= 0.6 is 0 Å². The summed E-state index contributed by atoms with van der Waals surface area (Å²) in [6.07, 6.45) is 3.28. The predicted molar refractivity (Wildman–Crippen MR) is 75.5 cm³/mol. The van der Waals surface area contributed by atoms with E-state index in [0.29, 0.717) is 23.6 Å². The molecule has 0 aliphatic carbocycles. The number of nitrogens with one attached hydrogen (secondary N) is 1. The number of benzene rings is 1. The standard InChI is InChI=1S/C14H17N3O3/c1-2-8-15-9-7-14-16-10-13(20-14)11-5-3-4-6-12(11)17(18)19/h3-6,10,15H,2,7-9H2,1H3. The van der Waals surface area contributed by atoms with Crippen LogP contribution in [0.15, 0.2) is 34.9 Å². The molecule has 2 aromatic rings. The van der Waals surface area contributed by atoms with Gasteiger partial charge >= 0.3 is 0 Å². The molecule has 2 rings (SSSR count). The molecule has 1 aromatic heterocycles. The highest BCUT2D eigenvalue weighted by atomic mass is 16.6. The average Bonchev–Trinajstić information content (AvgIpc) is 2.92. The molecule has 0 aliphatic rings. The molecule has 0 radical (unpaired) electrons. The third kappa shape index (κ3) is 3.42. The minimum atomic E-state index is -0.416. The molecule has 0 spiro atoms. The number of nitro groups is 1. The summed E-state index contributed by atoms with van der Waals surface area (Å²) in [5.74, 6) is 1.02. The molecule has 0 aliphatic heterocycles. The first-order valence-electron chi connectivity index (χ1n) is 6.61. The summed E-state index contributed by atoms with van der Waals surface area (Å²) < 4.78 is 5.59. The third-order valence-electron chi connectivity index (χ3n) is 2.86. The molecule has 1 N–H and O–H groups in total. The van der Waals surface area contributed by atoms with Crippen molar-refractivity contribution < 1.29 is 9.34 Å². The van der Waals surface area contributed by atoms with Crippen LogP contribution in [0.1, 0.15) is 19.2 Å². The number of nitrogens with zero attached hydrogens (tertiary/aromatic N) is 2. The minimum Gasteiger partial charge on any atom is -0.440 e. The van der Waals surface area contributed by atoms with Crippen LogP contribution in [0.2, 0.25) is 0 Å². The number of para-hydroxylation sites is 1. The van der Waals surface area contributed by atoms with Crippen LogP contribution in [0.3, 0.4) is 0 Å². The van der Waals surface area contributed by atoms with Gasteiger partial charge in [0.1, 0.15) is 0 Å². The first-order chi connectivity index (χ1) is 9.72. The van der Waals surface area contributed by atoms with Gasteiger partial charge in [0.2, 0.25) is 0 Å². The van der Waals surface area contributed by atoms with Gasteiger partial charge in [-0.1, -0.05) is 19.1 Å². The maximum atomic E-state index is 11.0. The summed E-state index contributed by atoms with van der Waals surface area (Å²) in [5.41, 5.74) is 0.483. The minimum absolute atomic E-state index is 0.0271. The molecule has 20 heavy (non-hydrogen) atoms. The molecule has 1 heterocycles. The number of aromatic nitrogens is 1. The lowest BCUT2D eigenvalue weighted by Gasteiger charge is -2.00. The fraction of sp³-hybridized carbons (Fsp3) is 0.357. The van der Waals surface area contributed by atoms with Crippen molar-refractivity contribution >= 4 is 5.69 Å². The van der Waals surface area contributed by atoms with Crippen molar-refractivity contribution in [1.29, 1.82) is 0 Å². The van der Waals surface area contributed by atoms with Crippen molar-refractivity contribution in [3.8, 4) is 11.3 Å². The molecule has 106 valence electrons. The van der Waals surface area contributed by atoms with E-state index in [4.69, 9.17) is 4.42 Å². The quantitative estimate of drug-likeness (QED) is 0.477. The van der Waals surface area contributed by atoms with Crippen LogP contribution in [-0.4, -0.2) is 23.0 Å². The van der Waals surface area contributed by atoms with Gasteiger partial charge in [-0.25, -0.2) is 4.98 Å². The van der Waals surface area contributed by atoms with Crippen LogP contribution in [0.4, 0.5) is 5.69 Å². The van der Waals surface area contributed by atoms with E-state index in [1.165, 1.54) is 12.3 Å². The lowest BCUT2D eigenvalue weighted by Crippen LogP contribution is -2.17. The summed E-state index contributed by atoms with van der Waals surface area (Å²) in [5, 5.41) is 14.2. The van der Waals surface area contributed by atoms with Gasteiger partial charge in [-0.2, -0.15) is 0 Å². The van der Waals surface area contributed by atoms with E-state index in [-0.39, 0.29) is 5.69 Å². The molecular formula is C14H17N3O3. The van der Waals surface area contributed by atoms with Crippen molar-refractivity contribution in [2.75, 3.05) is 13.1 Å². The van der Waals surface area contributed by atoms with E-state index < -0.39 is 4.92 Å². The Hall–Kier alpha value is -2.21. The van der Waals surface area contributed by atoms with Crippen LogP contribution in [0, 0.1) is 10.1 Å². The van der Waals surface area contributed by atoms with Gasteiger partial charge in [-0.15, -0.1) is 0 Å². The molecule has 0 fully saturated rings. The number of hydrogen-bond donors (Lipinski definition) is 1. The molecular weight excluding hydrogens is 258 g/mol. The second-order valence-electron chi connectivity index (χ2n) is 4.39. The summed E-state index contributed by atoms with van der Waals surface area (Å²) in [4.78, 5) is 14.7. The third-order valence-corrected chi connectivity index (χ3v) is 2.86. The summed E-state index contributed by atoms with van der Waals surface area (Å²) in [6.45, 7) is 3.84. The Morgan fingerprint density at radius 1 is 1.35 bits per heavy atom. The molecule has 0 saturated carbocycles. The normalized spacial score (nSPS) is 10.7. The Balaban J connectivity index is 2.11. The Kier molecular flexibility index (Phi) is 4.84. The van der Waals surface area contributed by atoms with Gasteiger partial charge in [-0.05, 0) is 19.0 Å². The van der Waals surface area contributed by atoms with Gasteiger partial charge in [-0.3, -0.25) is 10.1 Å². The van der Waals surface area contributed by atoms with E-state index in [0.717, 1.165) is 19.5 Å². The van der Waals surface area contributed by atoms with Crippen molar-refractivity contribution in [3.05, 3.63) is 46.5 Å². The molecule has 0 amide bonds. The highest BCUT2D eigenvalue weighted by molar-refractivity contribution is 5.68. The Morgan fingerprint density at radius 2 is 2.15 bits per heavy atom. The zero-order valence-electron chi connectivity index (χ0n) is 11.3. The first-order valence-corrected chi connectivity index (χ1v) is 6.61. The second-order valence-corrected chi connectivity index (χ2v) is 4.39. The topological polar surface area (TPSA) is 81.2 Å². The zero-order chi connectivity index (χ0) is 14.4. The van der Waals surface area contributed by atoms with Crippen molar-refractivity contribution in [2.45, 2.75) is 19.8 Å². The average molecular weight is 275 g/mol. The van der Waals surface area contributed by atoms with Crippen LogP contribution < -0.4 is 5.32 Å². The highest BCUT2D eigenvalue weighted by Crippen LogP contribution is 2.29. The molecule has 6 heteroatoms.